The van der Waals surface area contributed by atoms with Crippen LogP contribution in [0.5, 0.6) is 0 Å². The predicted octanol–water partition coefficient (Wildman–Crippen LogP) is 1.27. The van der Waals surface area contributed by atoms with Crippen LogP contribution in [0, 0.1) is 5.92 Å². The van der Waals surface area contributed by atoms with Crippen molar-refractivity contribution in [1.82, 2.24) is 15.3 Å². The number of imidazole rings is 1. The second-order valence-electron chi connectivity index (χ2n) is 4.91. The van der Waals surface area contributed by atoms with Crippen molar-refractivity contribution in [3.63, 3.8) is 0 Å². The number of fused-ring (bicyclic) bond motifs is 1. The van der Waals surface area contributed by atoms with Gasteiger partial charge < -0.3 is 20.6 Å². The van der Waals surface area contributed by atoms with E-state index in [-0.39, 0.29) is 5.69 Å². The van der Waals surface area contributed by atoms with Crippen molar-refractivity contribution in [3.8, 4) is 0 Å². The van der Waals surface area contributed by atoms with Gasteiger partial charge in [0.05, 0.1) is 11.0 Å². The zero-order chi connectivity index (χ0) is 12.4. The van der Waals surface area contributed by atoms with Crippen molar-refractivity contribution in [2.75, 3.05) is 25.0 Å². The summed E-state index contributed by atoms with van der Waals surface area (Å²) in [5.41, 5.74) is 2.61. The van der Waals surface area contributed by atoms with Crippen LogP contribution in [0.25, 0.3) is 11.0 Å². The average molecular weight is 246 g/mol. The summed E-state index contributed by atoms with van der Waals surface area (Å²) in [5, 5.41) is 6.79. The van der Waals surface area contributed by atoms with Gasteiger partial charge in [0.15, 0.2) is 0 Å². The van der Waals surface area contributed by atoms with Gasteiger partial charge in [-0.1, -0.05) is 0 Å². The van der Waals surface area contributed by atoms with Gasteiger partial charge in [0.2, 0.25) is 0 Å². The van der Waals surface area contributed by atoms with E-state index >= 15 is 0 Å². The number of nitrogens with one attached hydrogen (secondary N) is 4. The minimum Gasteiger partial charge on any atom is -0.385 e. The molecule has 0 radical (unpaired) electrons. The molecule has 1 unspecified atom stereocenters. The van der Waals surface area contributed by atoms with E-state index < -0.39 is 0 Å². The molecule has 3 rings (SSSR count). The molecule has 0 saturated carbocycles. The van der Waals surface area contributed by atoms with E-state index in [1.165, 1.54) is 12.8 Å². The summed E-state index contributed by atoms with van der Waals surface area (Å²) in [7, 11) is 0. The first-order valence-electron chi connectivity index (χ1n) is 6.48. The Morgan fingerprint density at radius 2 is 2.17 bits per heavy atom. The topological polar surface area (TPSA) is 72.7 Å². The van der Waals surface area contributed by atoms with Crippen molar-refractivity contribution in [2.45, 2.75) is 12.8 Å². The van der Waals surface area contributed by atoms with Gasteiger partial charge in [-0.25, -0.2) is 4.79 Å². The van der Waals surface area contributed by atoms with E-state index in [1.807, 2.05) is 18.2 Å². The molecule has 1 aromatic carbocycles. The van der Waals surface area contributed by atoms with Crippen LogP contribution in [0.2, 0.25) is 0 Å². The lowest BCUT2D eigenvalue weighted by atomic mass is 10.1. The van der Waals surface area contributed by atoms with Gasteiger partial charge in [0.1, 0.15) is 0 Å². The number of rotatable bonds is 4. The molecule has 96 valence electrons. The highest BCUT2D eigenvalue weighted by molar-refractivity contribution is 5.78. The van der Waals surface area contributed by atoms with Crippen molar-refractivity contribution >= 4 is 16.7 Å². The maximum atomic E-state index is 11.1. The fourth-order valence-corrected chi connectivity index (χ4v) is 2.52. The molecule has 4 N–H and O–H groups in total. The highest BCUT2D eigenvalue weighted by Crippen LogP contribution is 2.16. The zero-order valence-corrected chi connectivity index (χ0v) is 10.3. The molecule has 5 heteroatoms. The fraction of sp³-hybridized carbons (Fsp3) is 0.462. The molecule has 1 aromatic heterocycles. The summed E-state index contributed by atoms with van der Waals surface area (Å²) in [5.74, 6) is 0.799. The molecule has 2 aromatic rings. The smallest absolute Gasteiger partial charge is 0.323 e. The molecule has 5 nitrogen and oxygen atoms in total. The van der Waals surface area contributed by atoms with Crippen LogP contribution in [0.1, 0.15) is 12.8 Å². The summed E-state index contributed by atoms with van der Waals surface area (Å²) in [6.07, 6.45) is 2.47. The molecule has 1 aliphatic rings. The molecule has 0 aliphatic carbocycles. The van der Waals surface area contributed by atoms with E-state index in [2.05, 4.69) is 20.6 Å². The predicted molar refractivity (Wildman–Crippen MR) is 73.0 cm³/mol. The molecule has 2 heterocycles. The fourth-order valence-electron chi connectivity index (χ4n) is 2.52. The Morgan fingerprint density at radius 3 is 3.00 bits per heavy atom. The molecule has 0 bridgehead atoms. The quantitative estimate of drug-likeness (QED) is 0.656. The Balaban J connectivity index is 1.61. The molecule has 0 amide bonds. The summed E-state index contributed by atoms with van der Waals surface area (Å²) in [4.78, 5) is 16.7. The highest BCUT2D eigenvalue weighted by Gasteiger charge is 2.13. The third kappa shape index (κ3) is 2.41. The van der Waals surface area contributed by atoms with Gasteiger partial charge in [0, 0.05) is 12.2 Å². The molecule has 18 heavy (non-hydrogen) atoms. The van der Waals surface area contributed by atoms with E-state index in [0.29, 0.717) is 0 Å². The Kier molecular flexibility index (Phi) is 3.06. The number of aromatic amines is 2. The first kappa shape index (κ1) is 11.3. The normalized spacial score (nSPS) is 19.4. The van der Waals surface area contributed by atoms with Gasteiger partial charge in [-0.2, -0.15) is 0 Å². The lowest BCUT2D eigenvalue weighted by molar-refractivity contribution is 0.549. The Bertz CT molecular complexity index is 580. The van der Waals surface area contributed by atoms with Crippen LogP contribution in [0.3, 0.4) is 0 Å². The van der Waals surface area contributed by atoms with Crippen molar-refractivity contribution in [3.05, 3.63) is 28.7 Å². The molecular formula is C13H18N4O. The minimum atomic E-state index is -0.154. The van der Waals surface area contributed by atoms with Gasteiger partial charge in [-0.05, 0) is 50.0 Å². The molecule has 0 spiro atoms. The van der Waals surface area contributed by atoms with Gasteiger partial charge in [-0.3, -0.25) is 0 Å². The Hall–Kier alpha value is -1.75. The second kappa shape index (κ2) is 4.86. The third-order valence-electron chi connectivity index (χ3n) is 3.56. The van der Waals surface area contributed by atoms with E-state index in [0.717, 1.165) is 42.3 Å². The number of anilines is 1. The van der Waals surface area contributed by atoms with E-state index in [1.54, 1.807) is 0 Å². The summed E-state index contributed by atoms with van der Waals surface area (Å²) >= 11 is 0. The van der Waals surface area contributed by atoms with Gasteiger partial charge >= 0.3 is 5.69 Å². The monoisotopic (exact) mass is 246 g/mol. The number of hydrogen-bond donors (Lipinski definition) is 4. The Labute approximate surface area is 105 Å². The minimum absolute atomic E-state index is 0.154. The number of H-pyrrole nitrogens is 2. The number of benzene rings is 1. The van der Waals surface area contributed by atoms with Crippen LogP contribution in [0.4, 0.5) is 5.69 Å². The van der Waals surface area contributed by atoms with Crippen LogP contribution >= 0.6 is 0 Å². The molecule has 1 saturated heterocycles. The van der Waals surface area contributed by atoms with Crippen LogP contribution in [0.15, 0.2) is 23.0 Å². The van der Waals surface area contributed by atoms with Crippen LogP contribution < -0.4 is 16.3 Å². The first-order chi connectivity index (χ1) is 8.81. The molecule has 1 aliphatic heterocycles. The maximum absolute atomic E-state index is 11.1. The SMILES string of the molecule is O=c1[nH]c2ccc(NCCC3CCNC3)cc2[nH]1. The van der Waals surface area contributed by atoms with Crippen LogP contribution in [-0.2, 0) is 0 Å². The second-order valence-corrected chi connectivity index (χ2v) is 4.91. The lowest BCUT2D eigenvalue weighted by Crippen LogP contribution is -2.12. The summed E-state index contributed by atoms with van der Waals surface area (Å²) in [6.45, 7) is 3.28. The van der Waals surface area contributed by atoms with Gasteiger partial charge in [0.25, 0.3) is 0 Å². The first-order valence-corrected chi connectivity index (χ1v) is 6.48. The Morgan fingerprint density at radius 1 is 1.28 bits per heavy atom. The van der Waals surface area contributed by atoms with Crippen molar-refractivity contribution in [1.29, 1.82) is 0 Å². The largest absolute Gasteiger partial charge is 0.385 e. The summed E-state index contributed by atoms with van der Waals surface area (Å²) in [6, 6.07) is 5.89. The average Bonchev–Trinajstić information content (AvgIpc) is 2.96. The van der Waals surface area contributed by atoms with Crippen LogP contribution in [-0.4, -0.2) is 29.6 Å². The maximum Gasteiger partial charge on any atom is 0.323 e. The van der Waals surface area contributed by atoms with Gasteiger partial charge in [-0.15, -0.1) is 0 Å². The molecule has 1 fully saturated rings. The zero-order valence-electron chi connectivity index (χ0n) is 10.3. The van der Waals surface area contributed by atoms with Crippen molar-refractivity contribution < 1.29 is 0 Å². The third-order valence-corrected chi connectivity index (χ3v) is 3.56. The van der Waals surface area contributed by atoms with Crippen molar-refractivity contribution in [2.24, 2.45) is 5.92 Å². The molecular weight excluding hydrogens is 228 g/mol. The van der Waals surface area contributed by atoms with E-state index in [4.69, 9.17) is 0 Å². The summed E-state index contributed by atoms with van der Waals surface area (Å²) < 4.78 is 0. The standard InChI is InChI=1S/C13H18N4O/c18-13-16-11-2-1-10(7-12(11)17-13)15-6-4-9-3-5-14-8-9/h1-2,7,9,14-15H,3-6,8H2,(H2,16,17,18). The number of aromatic nitrogens is 2. The lowest BCUT2D eigenvalue weighted by Gasteiger charge is -2.10. The highest BCUT2D eigenvalue weighted by atomic mass is 16.1. The van der Waals surface area contributed by atoms with E-state index in [9.17, 15) is 4.79 Å². The number of hydrogen-bond acceptors (Lipinski definition) is 3. The molecule has 1 atom stereocenters.